The number of non-ortho nitro benzene ring substituents is 1. The Morgan fingerprint density at radius 1 is 1.25 bits per heavy atom. The molecule has 0 radical (unpaired) electrons. The normalized spacial score (nSPS) is 18.7. The number of hydrogen-bond donors (Lipinski definition) is 2. The molecule has 2 N–H and O–H groups in total. The van der Waals surface area contributed by atoms with Crippen LogP contribution in [0.3, 0.4) is 0 Å². The molecule has 1 aliphatic carbocycles. The molecule has 0 saturated carbocycles. The lowest BCUT2D eigenvalue weighted by Gasteiger charge is -2.39. The van der Waals surface area contributed by atoms with E-state index in [9.17, 15) is 25.0 Å². The summed E-state index contributed by atoms with van der Waals surface area (Å²) >= 11 is 1.18. The number of benzene rings is 2. The highest BCUT2D eigenvalue weighted by Crippen LogP contribution is 2.48. The average molecular weight is 503 g/mol. The minimum absolute atomic E-state index is 0.0447. The van der Waals surface area contributed by atoms with Crippen molar-refractivity contribution in [2.24, 2.45) is 5.41 Å². The fourth-order valence-electron chi connectivity index (χ4n) is 4.70. The molecule has 1 amide bonds. The number of nitrogens with zero attached hydrogens (tertiary/aromatic N) is 2. The second-order valence-corrected chi connectivity index (χ2v) is 10.8. The summed E-state index contributed by atoms with van der Waals surface area (Å²) in [6, 6.07) is 15.7. The molecule has 4 rings (SSSR count). The number of Topliss-reactive ketones (excluding diaryl/α,β-unsaturated/α-hetero) is 1. The van der Waals surface area contributed by atoms with Crippen molar-refractivity contribution in [2.75, 3.05) is 11.1 Å². The van der Waals surface area contributed by atoms with E-state index in [0.29, 0.717) is 40.4 Å². The molecular weight excluding hydrogens is 476 g/mol. The van der Waals surface area contributed by atoms with Crippen LogP contribution in [0.5, 0.6) is 0 Å². The van der Waals surface area contributed by atoms with Crippen molar-refractivity contribution in [2.45, 2.75) is 39.5 Å². The highest BCUT2D eigenvalue weighted by atomic mass is 32.2. The van der Waals surface area contributed by atoms with Crippen LogP contribution in [-0.2, 0) is 9.59 Å². The lowest BCUT2D eigenvalue weighted by atomic mass is 9.69. The van der Waals surface area contributed by atoms with Crippen molar-refractivity contribution in [3.63, 3.8) is 0 Å². The van der Waals surface area contributed by atoms with Crippen LogP contribution in [0, 0.1) is 33.8 Å². The number of nitro benzene ring substituents is 1. The van der Waals surface area contributed by atoms with Gasteiger partial charge < -0.3 is 10.6 Å². The van der Waals surface area contributed by atoms with Gasteiger partial charge in [-0.15, -0.1) is 0 Å². The van der Waals surface area contributed by atoms with Crippen LogP contribution < -0.4 is 10.6 Å². The fourth-order valence-corrected chi connectivity index (χ4v) is 5.56. The molecule has 2 aliphatic rings. The molecule has 2 aromatic rings. The van der Waals surface area contributed by atoms with E-state index in [1.807, 2.05) is 39.0 Å². The third-order valence-corrected chi connectivity index (χ3v) is 7.21. The van der Waals surface area contributed by atoms with Crippen LogP contribution in [0.4, 0.5) is 11.4 Å². The van der Waals surface area contributed by atoms with E-state index in [0.717, 1.165) is 5.56 Å². The van der Waals surface area contributed by atoms with Crippen molar-refractivity contribution >= 4 is 34.8 Å². The Hall–Kier alpha value is -3.90. The first-order valence-electron chi connectivity index (χ1n) is 11.5. The van der Waals surface area contributed by atoms with Crippen molar-refractivity contribution in [1.82, 2.24) is 5.32 Å². The molecule has 1 atom stereocenters. The second-order valence-electron chi connectivity index (χ2n) is 9.80. The van der Waals surface area contributed by atoms with Gasteiger partial charge in [0, 0.05) is 35.5 Å². The number of carbonyl (C=O) groups is 2. The van der Waals surface area contributed by atoms with Gasteiger partial charge in [0.1, 0.15) is 0 Å². The lowest BCUT2D eigenvalue weighted by Crippen LogP contribution is -2.37. The molecule has 0 aromatic heterocycles. The topological polar surface area (TPSA) is 125 Å². The number of nitro groups is 1. The molecule has 36 heavy (non-hydrogen) atoms. The minimum atomic E-state index is -0.739. The number of anilines is 1. The summed E-state index contributed by atoms with van der Waals surface area (Å²) in [6.07, 6.45) is 0.900. The van der Waals surface area contributed by atoms with Gasteiger partial charge in [0.25, 0.3) is 5.69 Å². The van der Waals surface area contributed by atoms with E-state index in [1.54, 1.807) is 18.2 Å². The van der Waals surface area contributed by atoms with Crippen LogP contribution in [0.1, 0.15) is 43.7 Å². The van der Waals surface area contributed by atoms with E-state index < -0.39 is 10.8 Å². The van der Waals surface area contributed by atoms with Gasteiger partial charge in [-0.2, -0.15) is 5.26 Å². The summed E-state index contributed by atoms with van der Waals surface area (Å²) in [5.74, 6) is -1.01. The number of ketones is 1. The molecule has 0 fully saturated rings. The number of thioether (sulfide) groups is 1. The summed E-state index contributed by atoms with van der Waals surface area (Å²) < 4.78 is 0. The number of rotatable bonds is 6. The summed E-state index contributed by atoms with van der Waals surface area (Å²) in [6.45, 7) is 5.95. The summed E-state index contributed by atoms with van der Waals surface area (Å²) in [5, 5.41) is 28.2. The molecule has 1 heterocycles. The molecule has 0 spiro atoms. The Bertz CT molecular complexity index is 1370. The Labute approximate surface area is 213 Å². The maximum Gasteiger partial charge on any atom is 0.269 e. The highest BCUT2D eigenvalue weighted by Gasteiger charge is 2.42. The predicted molar refractivity (Wildman–Crippen MR) is 139 cm³/mol. The Morgan fingerprint density at radius 2 is 2.00 bits per heavy atom. The molecule has 0 bridgehead atoms. The van der Waals surface area contributed by atoms with Gasteiger partial charge in [-0.25, -0.2) is 0 Å². The lowest BCUT2D eigenvalue weighted by molar-refractivity contribution is -0.384. The van der Waals surface area contributed by atoms with Crippen LogP contribution in [0.2, 0.25) is 0 Å². The molecule has 2 aromatic carbocycles. The Balaban J connectivity index is 1.69. The molecule has 9 heteroatoms. The third-order valence-electron chi connectivity index (χ3n) is 6.19. The number of dihydropyridines is 1. The van der Waals surface area contributed by atoms with Crippen molar-refractivity contribution in [3.8, 4) is 6.07 Å². The molecule has 1 aliphatic heterocycles. The Kier molecular flexibility index (Phi) is 7.00. The summed E-state index contributed by atoms with van der Waals surface area (Å²) in [7, 11) is 0. The average Bonchev–Trinajstić information content (AvgIpc) is 2.81. The number of nitriles is 1. The first-order chi connectivity index (χ1) is 17.1. The van der Waals surface area contributed by atoms with Crippen molar-refractivity contribution in [3.05, 3.63) is 91.6 Å². The standard InChI is InChI=1S/C27H26N4O4S/c1-16-6-4-8-18(10-16)29-23(33)15-36-26-20(14-28)24(17-7-5-9-19(11-17)31(34)35)25-21(30-26)12-27(2,3)13-22(25)32/h4-11,24,30H,12-13,15H2,1-3H3,(H,29,33). The first-order valence-corrected chi connectivity index (χ1v) is 12.5. The van der Waals surface area contributed by atoms with Gasteiger partial charge in [0.2, 0.25) is 5.91 Å². The molecule has 184 valence electrons. The predicted octanol–water partition coefficient (Wildman–Crippen LogP) is 5.34. The van der Waals surface area contributed by atoms with E-state index >= 15 is 0 Å². The van der Waals surface area contributed by atoms with Crippen LogP contribution >= 0.6 is 11.8 Å². The van der Waals surface area contributed by atoms with Gasteiger partial charge >= 0.3 is 0 Å². The summed E-state index contributed by atoms with van der Waals surface area (Å²) in [4.78, 5) is 36.9. The van der Waals surface area contributed by atoms with E-state index in [4.69, 9.17) is 0 Å². The summed E-state index contributed by atoms with van der Waals surface area (Å²) in [5.41, 5.74) is 3.27. The van der Waals surface area contributed by atoms with Crippen LogP contribution in [0.15, 0.2) is 70.4 Å². The highest BCUT2D eigenvalue weighted by molar-refractivity contribution is 8.03. The largest absolute Gasteiger partial charge is 0.352 e. The SMILES string of the molecule is Cc1cccc(NC(=O)CSC2=C(C#N)C(c3cccc([N+](=O)[O-])c3)C3=C(CC(C)(C)CC3=O)N2)c1. The van der Waals surface area contributed by atoms with Gasteiger partial charge in [0.15, 0.2) is 5.78 Å². The molecule has 0 saturated heterocycles. The molecule has 1 unspecified atom stereocenters. The number of nitrogens with one attached hydrogen (secondary N) is 2. The van der Waals surface area contributed by atoms with E-state index in [2.05, 4.69) is 16.7 Å². The number of aryl methyl sites for hydroxylation is 1. The third kappa shape index (κ3) is 5.34. The van der Waals surface area contributed by atoms with Gasteiger partial charge in [-0.1, -0.05) is 49.9 Å². The molecule has 8 nitrogen and oxygen atoms in total. The van der Waals surface area contributed by atoms with Crippen molar-refractivity contribution in [1.29, 1.82) is 5.26 Å². The van der Waals surface area contributed by atoms with E-state index in [1.165, 1.54) is 23.9 Å². The van der Waals surface area contributed by atoms with Gasteiger partial charge in [-0.3, -0.25) is 19.7 Å². The zero-order valence-electron chi connectivity index (χ0n) is 20.3. The zero-order chi connectivity index (χ0) is 26.0. The van der Waals surface area contributed by atoms with Gasteiger partial charge in [0.05, 0.1) is 33.3 Å². The fraction of sp³-hybridized carbons (Fsp3) is 0.296. The van der Waals surface area contributed by atoms with E-state index in [-0.39, 0.29) is 34.1 Å². The van der Waals surface area contributed by atoms with Crippen LogP contribution in [0.25, 0.3) is 0 Å². The number of allylic oxidation sites excluding steroid dienone is 3. The monoisotopic (exact) mass is 502 g/mol. The maximum atomic E-state index is 13.3. The Morgan fingerprint density at radius 3 is 2.69 bits per heavy atom. The maximum absolute atomic E-state index is 13.3. The minimum Gasteiger partial charge on any atom is -0.352 e. The quantitative estimate of drug-likeness (QED) is 0.403. The smallest absolute Gasteiger partial charge is 0.269 e. The second kappa shape index (κ2) is 9.99. The number of amides is 1. The molecular formula is C27H26N4O4S. The van der Waals surface area contributed by atoms with Crippen LogP contribution in [-0.4, -0.2) is 22.4 Å². The van der Waals surface area contributed by atoms with Crippen molar-refractivity contribution < 1.29 is 14.5 Å². The number of carbonyl (C=O) groups excluding carboxylic acids is 2. The zero-order valence-corrected chi connectivity index (χ0v) is 21.1. The first kappa shape index (κ1) is 25.2. The van der Waals surface area contributed by atoms with Gasteiger partial charge in [-0.05, 0) is 42.0 Å². The number of hydrogen-bond acceptors (Lipinski definition) is 7.